The van der Waals surface area contributed by atoms with Crippen LogP contribution >= 0.6 is 11.3 Å². The summed E-state index contributed by atoms with van der Waals surface area (Å²) in [5.74, 6) is -0.369. The number of aromatic nitrogens is 2. The van der Waals surface area contributed by atoms with Gasteiger partial charge in [-0.15, -0.1) is 11.3 Å². The summed E-state index contributed by atoms with van der Waals surface area (Å²) in [5.41, 5.74) is 2.02. The Morgan fingerprint density at radius 3 is 2.70 bits per heavy atom. The van der Waals surface area contributed by atoms with Gasteiger partial charge in [0, 0.05) is 11.3 Å². The predicted octanol–water partition coefficient (Wildman–Crippen LogP) is 3.66. The van der Waals surface area contributed by atoms with E-state index in [0.717, 1.165) is 34.4 Å². The molecule has 0 radical (unpaired) electrons. The molecule has 1 fully saturated rings. The van der Waals surface area contributed by atoms with Gasteiger partial charge in [-0.25, -0.2) is 9.48 Å². The van der Waals surface area contributed by atoms with Crippen LogP contribution in [0.3, 0.4) is 0 Å². The van der Waals surface area contributed by atoms with Crippen LogP contribution in [-0.2, 0) is 0 Å². The fraction of sp³-hybridized carbons (Fsp3) is 0.200. The number of fused-ring (bicyclic) bond motifs is 1. The molecule has 1 aliphatic carbocycles. The van der Waals surface area contributed by atoms with E-state index in [1.165, 1.54) is 11.3 Å². The number of para-hydroxylation sites is 1. The standard InChI is InChI=1S/C15H12N2O2S/c18-15(19)12-8-11-13(9-6-7-9)16-17(14(11)20-12)10-4-2-1-3-5-10/h1-5,8-9H,6-7H2,(H,18,19). The highest BCUT2D eigenvalue weighted by molar-refractivity contribution is 7.20. The van der Waals surface area contributed by atoms with E-state index in [1.807, 2.05) is 35.0 Å². The van der Waals surface area contributed by atoms with Crippen molar-refractivity contribution in [2.24, 2.45) is 0 Å². The smallest absolute Gasteiger partial charge is 0.345 e. The lowest BCUT2D eigenvalue weighted by molar-refractivity contribution is 0.0702. The Morgan fingerprint density at radius 1 is 1.30 bits per heavy atom. The maximum Gasteiger partial charge on any atom is 0.345 e. The zero-order valence-electron chi connectivity index (χ0n) is 10.6. The predicted molar refractivity (Wildman–Crippen MR) is 77.9 cm³/mol. The molecule has 0 spiro atoms. The van der Waals surface area contributed by atoms with Gasteiger partial charge in [0.15, 0.2) is 0 Å². The van der Waals surface area contributed by atoms with Crippen molar-refractivity contribution in [3.8, 4) is 5.69 Å². The van der Waals surface area contributed by atoms with Crippen molar-refractivity contribution >= 4 is 27.5 Å². The van der Waals surface area contributed by atoms with E-state index in [0.29, 0.717) is 10.8 Å². The molecule has 0 amide bonds. The maximum absolute atomic E-state index is 11.2. The number of aromatic carboxylic acids is 1. The largest absolute Gasteiger partial charge is 0.477 e. The molecule has 0 saturated heterocycles. The Hall–Kier alpha value is -2.14. The SMILES string of the molecule is O=C(O)c1cc2c(C3CC3)nn(-c3ccccc3)c2s1. The minimum atomic E-state index is -0.868. The summed E-state index contributed by atoms with van der Waals surface area (Å²) in [6.07, 6.45) is 2.30. The van der Waals surface area contributed by atoms with Crippen LogP contribution in [0.1, 0.15) is 34.1 Å². The van der Waals surface area contributed by atoms with Crippen LogP contribution in [0.2, 0.25) is 0 Å². The number of rotatable bonds is 3. The van der Waals surface area contributed by atoms with Crippen LogP contribution in [-0.4, -0.2) is 20.9 Å². The van der Waals surface area contributed by atoms with Crippen LogP contribution in [0.5, 0.6) is 0 Å². The minimum Gasteiger partial charge on any atom is -0.477 e. The summed E-state index contributed by atoms with van der Waals surface area (Å²) in [6.45, 7) is 0. The zero-order chi connectivity index (χ0) is 13.7. The number of thiophene rings is 1. The highest BCUT2D eigenvalue weighted by atomic mass is 32.1. The van der Waals surface area contributed by atoms with Gasteiger partial charge in [0.2, 0.25) is 0 Å². The molecule has 0 bridgehead atoms. The third kappa shape index (κ3) is 1.74. The van der Waals surface area contributed by atoms with E-state index in [9.17, 15) is 9.90 Å². The van der Waals surface area contributed by atoms with Crippen LogP contribution in [0.15, 0.2) is 36.4 Å². The first-order valence-electron chi connectivity index (χ1n) is 6.55. The summed E-state index contributed by atoms with van der Waals surface area (Å²) < 4.78 is 1.88. The number of nitrogens with zero attached hydrogens (tertiary/aromatic N) is 2. The molecule has 4 nitrogen and oxygen atoms in total. The molecule has 1 saturated carbocycles. The first-order valence-corrected chi connectivity index (χ1v) is 7.37. The third-order valence-corrected chi connectivity index (χ3v) is 4.66. The van der Waals surface area contributed by atoms with E-state index >= 15 is 0 Å². The summed E-state index contributed by atoms with van der Waals surface area (Å²) in [4.78, 5) is 12.5. The number of carboxylic acid groups (broad SMARTS) is 1. The van der Waals surface area contributed by atoms with Gasteiger partial charge in [0.1, 0.15) is 9.71 Å². The minimum absolute atomic E-state index is 0.379. The molecule has 3 aromatic rings. The number of carbonyl (C=O) groups is 1. The fourth-order valence-electron chi connectivity index (χ4n) is 2.44. The average molecular weight is 284 g/mol. The summed E-state index contributed by atoms with van der Waals surface area (Å²) in [5, 5.41) is 14.9. The Kier molecular flexibility index (Phi) is 2.44. The molecule has 20 heavy (non-hydrogen) atoms. The number of hydrogen-bond acceptors (Lipinski definition) is 3. The molecular formula is C15H12N2O2S. The molecule has 1 aliphatic rings. The zero-order valence-corrected chi connectivity index (χ0v) is 11.4. The summed E-state index contributed by atoms with van der Waals surface area (Å²) in [6, 6.07) is 11.6. The van der Waals surface area contributed by atoms with Gasteiger partial charge in [-0.2, -0.15) is 5.10 Å². The molecule has 2 heterocycles. The maximum atomic E-state index is 11.2. The first kappa shape index (κ1) is 11.7. The van der Waals surface area contributed by atoms with E-state index < -0.39 is 5.97 Å². The molecule has 5 heteroatoms. The molecule has 0 unspecified atom stereocenters. The lowest BCUT2D eigenvalue weighted by Gasteiger charge is -2.01. The van der Waals surface area contributed by atoms with Crippen LogP contribution < -0.4 is 0 Å². The number of hydrogen-bond donors (Lipinski definition) is 1. The summed E-state index contributed by atoms with van der Waals surface area (Å²) in [7, 11) is 0. The molecule has 0 aliphatic heterocycles. The van der Waals surface area contributed by atoms with Gasteiger partial charge in [0.05, 0.1) is 11.4 Å². The second-order valence-electron chi connectivity index (χ2n) is 5.04. The van der Waals surface area contributed by atoms with E-state index in [1.54, 1.807) is 6.07 Å². The molecule has 2 aromatic heterocycles. The number of carboxylic acids is 1. The Bertz CT molecular complexity index is 800. The van der Waals surface area contributed by atoms with Crippen molar-refractivity contribution in [3.63, 3.8) is 0 Å². The van der Waals surface area contributed by atoms with Crippen molar-refractivity contribution in [2.45, 2.75) is 18.8 Å². The molecule has 1 N–H and O–H groups in total. The lowest BCUT2D eigenvalue weighted by Crippen LogP contribution is -1.96. The molecule has 1 aromatic carbocycles. The van der Waals surface area contributed by atoms with Crippen molar-refractivity contribution in [1.29, 1.82) is 0 Å². The van der Waals surface area contributed by atoms with Crippen LogP contribution in [0, 0.1) is 0 Å². The summed E-state index contributed by atoms with van der Waals surface area (Å²) >= 11 is 1.29. The van der Waals surface area contributed by atoms with E-state index in [4.69, 9.17) is 5.10 Å². The van der Waals surface area contributed by atoms with Gasteiger partial charge in [0.25, 0.3) is 0 Å². The Labute approximate surface area is 119 Å². The van der Waals surface area contributed by atoms with Gasteiger partial charge in [-0.1, -0.05) is 18.2 Å². The van der Waals surface area contributed by atoms with Gasteiger partial charge >= 0.3 is 5.97 Å². The van der Waals surface area contributed by atoms with E-state index in [-0.39, 0.29) is 0 Å². The highest BCUT2D eigenvalue weighted by Gasteiger charge is 2.30. The van der Waals surface area contributed by atoms with Gasteiger partial charge < -0.3 is 5.11 Å². The van der Waals surface area contributed by atoms with Crippen LogP contribution in [0.25, 0.3) is 15.9 Å². The topological polar surface area (TPSA) is 55.1 Å². The second-order valence-corrected chi connectivity index (χ2v) is 6.07. The van der Waals surface area contributed by atoms with Crippen molar-refractivity contribution in [1.82, 2.24) is 9.78 Å². The third-order valence-electron chi connectivity index (χ3n) is 3.56. The Morgan fingerprint density at radius 2 is 2.05 bits per heavy atom. The van der Waals surface area contributed by atoms with Crippen molar-refractivity contribution in [2.75, 3.05) is 0 Å². The van der Waals surface area contributed by atoms with Crippen LogP contribution in [0.4, 0.5) is 0 Å². The average Bonchev–Trinajstić information content (AvgIpc) is 3.09. The van der Waals surface area contributed by atoms with Gasteiger partial charge in [-0.3, -0.25) is 0 Å². The van der Waals surface area contributed by atoms with Crippen molar-refractivity contribution < 1.29 is 9.90 Å². The second kappa shape index (κ2) is 4.18. The monoisotopic (exact) mass is 284 g/mol. The molecule has 0 atom stereocenters. The fourth-order valence-corrected chi connectivity index (χ4v) is 3.42. The normalized spacial score (nSPS) is 14.8. The highest BCUT2D eigenvalue weighted by Crippen LogP contribution is 2.44. The molecule has 100 valence electrons. The first-order chi connectivity index (χ1) is 9.74. The van der Waals surface area contributed by atoms with Crippen molar-refractivity contribution in [3.05, 3.63) is 47.0 Å². The molecular weight excluding hydrogens is 272 g/mol. The Balaban J connectivity index is 1.98. The number of benzene rings is 1. The lowest BCUT2D eigenvalue weighted by atomic mass is 10.2. The quantitative estimate of drug-likeness (QED) is 0.798. The molecule has 4 rings (SSSR count). The van der Waals surface area contributed by atoms with Gasteiger partial charge in [-0.05, 0) is 31.0 Å². The van der Waals surface area contributed by atoms with E-state index in [2.05, 4.69) is 0 Å².